The van der Waals surface area contributed by atoms with Crippen molar-refractivity contribution in [3.05, 3.63) is 59.2 Å². The van der Waals surface area contributed by atoms with Crippen molar-refractivity contribution >= 4 is 17.5 Å². The van der Waals surface area contributed by atoms with Crippen LogP contribution in [0.4, 0.5) is 5.69 Å². The summed E-state index contributed by atoms with van der Waals surface area (Å²) in [7, 11) is 1.75. The normalized spacial score (nSPS) is 11.3. The van der Waals surface area contributed by atoms with Gasteiger partial charge < -0.3 is 15.4 Å². The molecule has 0 fully saturated rings. The van der Waals surface area contributed by atoms with Gasteiger partial charge in [0.05, 0.1) is 19.6 Å². The Morgan fingerprint density at radius 1 is 0.968 bits per heavy atom. The zero-order valence-electron chi connectivity index (χ0n) is 19.5. The van der Waals surface area contributed by atoms with Crippen LogP contribution in [0.2, 0.25) is 0 Å². The Hall–Kier alpha value is -2.86. The molecule has 2 aromatic rings. The van der Waals surface area contributed by atoms with Crippen molar-refractivity contribution in [1.82, 2.24) is 10.2 Å². The Morgan fingerprint density at radius 2 is 1.61 bits per heavy atom. The lowest BCUT2D eigenvalue weighted by molar-refractivity contribution is -0.123. The predicted octanol–water partition coefficient (Wildman–Crippen LogP) is 3.67. The molecule has 0 atom stereocenters. The van der Waals surface area contributed by atoms with Crippen molar-refractivity contribution in [3.8, 4) is 5.75 Å². The molecule has 2 amide bonds. The first kappa shape index (κ1) is 24.4. The van der Waals surface area contributed by atoms with Gasteiger partial charge in [-0.15, -0.1) is 0 Å². The summed E-state index contributed by atoms with van der Waals surface area (Å²) in [4.78, 5) is 26.1. The van der Waals surface area contributed by atoms with Crippen LogP contribution in [0.25, 0.3) is 0 Å². The SMILES string of the molecule is Cc1cccc(NC(=O)CN(C)CC(=O)NCCOc2ccc(C(C)(C)C)cc2)c1C. The zero-order valence-corrected chi connectivity index (χ0v) is 19.5. The predicted molar refractivity (Wildman–Crippen MR) is 126 cm³/mol. The summed E-state index contributed by atoms with van der Waals surface area (Å²) in [6.45, 7) is 11.6. The average molecular weight is 426 g/mol. The van der Waals surface area contributed by atoms with Crippen molar-refractivity contribution in [2.75, 3.05) is 38.6 Å². The number of anilines is 1. The number of benzene rings is 2. The summed E-state index contributed by atoms with van der Waals surface area (Å²) in [6.07, 6.45) is 0. The molecule has 31 heavy (non-hydrogen) atoms. The molecule has 0 saturated heterocycles. The molecule has 0 bridgehead atoms. The molecule has 0 radical (unpaired) electrons. The summed E-state index contributed by atoms with van der Waals surface area (Å²) in [6, 6.07) is 13.8. The molecule has 6 nitrogen and oxygen atoms in total. The van der Waals surface area contributed by atoms with E-state index in [9.17, 15) is 9.59 Å². The summed E-state index contributed by atoms with van der Waals surface area (Å²) in [5.41, 5.74) is 4.32. The lowest BCUT2D eigenvalue weighted by Gasteiger charge is -2.19. The van der Waals surface area contributed by atoms with Crippen LogP contribution in [0.5, 0.6) is 5.75 Å². The van der Waals surface area contributed by atoms with Crippen LogP contribution >= 0.6 is 0 Å². The Bertz CT molecular complexity index is 886. The van der Waals surface area contributed by atoms with Crippen LogP contribution < -0.4 is 15.4 Å². The molecular formula is C25H35N3O3. The van der Waals surface area contributed by atoms with Gasteiger partial charge >= 0.3 is 0 Å². The van der Waals surface area contributed by atoms with Crippen LogP contribution in [-0.4, -0.2) is 50.0 Å². The lowest BCUT2D eigenvalue weighted by Crippen LogP contribution is -2.40. The maximum absolute atomic E-state index is 12.3. The Kier molecular flexibility index (Phi) is 8.63. The zero-order chi connectivity index (χ0) is 23.0. The van der Waals surface area contributed by atoms with Crippen LogP contribution in [-0.2, 0) is 15.0 Å². The van der Waals surface area contributed by atoms with Crippen LogP contribution in [0.3, 0.4) is 0 Å². The van der Waals surface area contributed by atoms with E-state index in [-0.39, 0.29) is 30.3 Å². The highest BCUT2D eigenvalue weighted by atomic mass is 16.5. The first-order valence-electron chi connectivity index (χ1n) is 10.6. The van der Waals surface area contributed by atoms with Gasteiger partial charge in [-0.25, -0.2) is 0 Å². The molecule has 0 aromatic heterocycles. The Morgan fingerprint density at radius 3 is 2.26 bits per heavy atom. The molecule has 0 unspecified atom stereocenters. The molecule has 0 aliphatic rings. The third kappa shape index (κ3) is 8.06. The van der Waals surface area contributed by atoms with Crippen molar-refractivity contribution < 1.29 is 14.3 Å². The molecule has 168 valence electrons. The van der Waals surface area contributed by atoms with Crippen molar-refractivity contribution in [3.63, 3.8) is 0 Å². The molecular weight excluding hydrogens is 390 g/mol. The molecule has 2 aromatic carbocycles. The lowest BCUT2D eigenvalue weighted by atomic mass is 9.87. The van der Waals surface area contributed by atoms with Crippen LogP contribution in [0.15, 0.2) is 42.5 Å². The summed E-state index contributed by atoms with van der Waals surface area (Å²) in [5, 5.41) is 5.73. The van der Waals surface area contributed by atoms with E-state index in [0.717, 1.165) is 22.6 Å². The van der Waals surface area contributed by atoms with Gasteiger partial charge in [-0.3, -0.25) is 14.5 Å². The monoisotopic (exact) mass is 425 g/mol. The maximum Gasteiger partial charge on any atom is 0.238 e. The number of ether oxygens (including phenoxy) is 1. The van der Waals surface area contributed by atoms with Gasteiger partial charge in [-0.05, 0) is 61.2 Å². The minimum Gasteiger partial charge on any atom is -0.492 e. The van der Waals surface area contributed by atoms with Gasteiger partial charge in [0.2, 0.25) is 11.8 Å². The smallest absolute Gasteiger partial charge is 0.238 e. The standard InChI is InChI=1S/C25H35N3O3/c1-18-8-7-9-22(19(18)2)27-24(30)17-28(6)16-23(29)26-14-15-31-21-12-10-20(11-13-21)25(3,4)5/h7-13H,14-17H2,1-6H3,(H,26,29)(H,27,30). The fourth-order valence-electron chi connectivity index (χ4n) is 3.09. The fraction of sp³-hybridized carbons (Fsp3) is 0.440. The highest BCUT2D eigenvalue weighted by Gasteiger charge is 2.14. The van der Waals surface area contributed by atoms with E-state index in [1.54, 1.807) is 11.9 Å². The molecule has 0 spiro atoms. The number of carbonyl (C=O) groups excluding carboxylic acids is 2. The minimum absolute atomic E-state index is 0.105. The van der Waals surface area contributed by atoms with E-state index in [2.05, 4.69) is 43.5 Å². The van der Waals surface area contributed by atoms with E-state index < -0.39 is 0 Å². The molecule has 2 N–H and O–H groups in total. The number of likely N-dealkylation sites (N-methyl/N-ethyl adjacent to an activating group) is 1. The number of aryl methyl sites for hydroxylation is 1. The average Bonchev–Trinajstić information content (AvgIpc) is 2.68. The van der Waals surface area contributed by atoms with Crippen molar-refractivity contribution in [1.29, 1.82) is 0 Å². The molecule has 2 rings (SSSR count). The number of amides is 2. The molecule has 0 aliphatic carbocycles. The quantitative estimate of drug-likeness (QED) is 0.602. The number of nitrogens with one attached hydrogen (secondary N) is 2. The number of nitrogens with zero attached hydrogens (tertiary/aromatic N) is 1. The van der Waals surface area contributed by atoms with E-state index in [0.29, 0.717) is 13.2 Å². The first-order valence-corrected chi connectivity index (χ1v) is 10.6. The van der Waals surface area contributed by atoms with Gasteiger partial charge in [0, 0.05) is 5.69 Å². The van der Waals surface area contributed by atoms with E-state index in [1.165, 1.54) is 5.56 Å². The van der Waals surface area contributed by atoms with Crippen LogP contribution in [0.1, 0.15) is 37.5 Å². The number of hydrogen-bond donors (Lipinski definition) is 2. The minimum atomic E-state index is -0.147. The van der Waals surface area contributed by atoms with Gasteiger partial charge in [0.1, 0.15) is 12.4 Å². The molecule has 0 saturated carbocycles. The highest BCUT2D eigenvalue weighted by molar-refractivity contribution is 5.93. The van der Waals surface area contributed by atoms with E-state index >= 15 is 0 Å². The maximum atomic E-state index is 12.3. The van der Waals surface area contributed by atoms with Crippen LogP contribution in [0, 0.1) is 13.8 Å². The number of hydrogen-bond acceptors (Lipinski definition) is 4. The first-order chi connectivity index (χ1) is 14.6. The molecule has 6 heteroatoms. The third-order valence-electron chi connectivity index (χ3n) is 5.12. The second-order valence-corrected chi connectivity index (χ2v) is 8.94. The van der Waals surface area contributed by atoms with Gasteiger partial charge in [0.25, 0.3) is 0 Å². The Balaban J connectivity index is 1.67. The van der Waals surface area contributed by atoms with Crippen molar-refractivity contribution in [2.45, 2.75) is 40.0 Å². The molecule has 0 aliphatic heterocycles. The van der Waals surface area contributed by atoms with E-state index in [4.69, 9.17) is 4.74 Å². The summed E-state index contributed by atoms with van der Waals surface area (Å²) >= 11 is 0. The van der Waals surface area contributed by atoms with Gasteiger partial charge in [0.15, 0.2) is 0 Å². The Labute approximate surface area is 186 Å². The topological polar surface area (TPSA) is 70.7 Å². The second kappa shape index (κ2) is 11.0. The summed E-state index contributed by atoms with van der Waals surface area (Å²) < 4.78 is 5.69. The largest absolute Gasteiger partial charge is 0.492 e. The number of rotatable bonds is 9. The summed E-state index contributed by atoms with van der Waals surface area (Å²) in [5.74, 6) is 0.488. The molecule has 0 heterocycles. The number of carbonyl (C=O) groups is 2. The van der Waals surface area contributed by atoms with Gasteiger partial charge in [-0.1, -0.05) is 45.0 Å². The van der Waals surface area contributed by atoms with E-state index in [1.807, 2.05) is 44.2 Å². The third-order valence-corrected chi connectivity index (χ3v) is 5.12. The van der Waals surface area contributed by atoms with Crippen molar-refractivity contribution in [2.24, 2.45) is 0 Å². The fourth-order valence-corrected chi connectivity index (χ4v) is 3.09. The van der Waals surface area contributed by atoms with Gasteiger partial charge in [-0.2, -0.15) is 0 Å². The highest BCUT2D eigenvalue weighted by Crippen LogP contribution is 2.24. The second-order valence-electron chi connectivity index (χ2n) is 8.94.